The molecule has 0 aliphatic carbocycles. The molecule has 27 heavy (non-hydrogen) atoms. The van der Waals surface area contributed by atoms with Gasteiger partial charge in [0.15, 0.2) is 5.43 Å². The smallest absolute Gasteiger partial charge is 0.242 e. The Labute approximate surface area is 155 Å². The number of aromatic nitrogens is 2. The average Bonchev–Trinajstić information content (AvgIpc) is 3.09. The number of fused-ring (bicyclic) bond motifs is 2. The number of para-hydroxylation sites is 2. The lowest BCUT2D eigenvalue weighted by atomic mass is 10.1. The van der Waals surface area contributed by atoms with Crippen LogP contribution in [0.15, 0.2) is 63.9 Å². The van der Waals surface area contributed by atoms with Crippen LogP contribution in [0.25, 0.3) is 21.8 Å². The Kier molecular flexibility index (Phi) is 4.24. The Morgan fingerprint density at radius 3 is 2.22 bits per heavy atom. The van der Waals surface area contributed by atoms with Crippen LogP contribution in [0, 0.1) is 6.92 Å². The highest BCUT2D eigenvalue weighted by molar-refractivity contribution is 5.94. The van der Waals surface area contributed by atoms with Gasteiger partial charge in [0.05, 0.1) is 17.6 Å². The monoisotopic (exact) mass is 361 g/mol. The average molecular weight is 361 g/mol. The first-order valence-corrected chi connectivity index (χ1v) is 8.71. The molecule has 0 bridgehead atoms. The zero-order valence-corrected chi connectivity index (χ0v) is 15.2. The molecule has 2 heterocycles. The first-order valence-electron chi connectivity index (χ1n) is 8.71. The summed E-state index contributed by atoms with van der Waals surface area (Å²) in [6, 6.07) is 16.6. The van der Waals surface area contributed by atoms with Gasteiger partial charge in [-0.15, -0.1) is 0 Å². The van der Waals surface area contributed by atoms with Crippen molar-refractivity contribution in [3.63, 3.8) is 0 Å². The molecule has 2 aromatic carbocycles. The van der Waals surface area contributed by atoms with Crippen LogP contribution >= 0.6 is 0 Å². The van der Waals surface area contributed by atoms with Crippen molar-refractivity contribution >= 4 is 27.7 Å². The molecule has 1 amide bonds. The third kappa shape index (κ3) is 3.10. The second-order valence-corrected chi connectivity index (χ2v) is 6.63. The second kappa shape index (κ2) is 6.72. The zero-order valence-electron chi connectivity index (χ0n) is 15.2. The molecule has 0 saturated heterocycles. The van der Waals surface area contributed by atoms with Crippen LogP contribution in [0.1, 0.15) is 11.5 Å². The van der Waals surface area contributed by atoms with Crippen LogP contribution in [0.4, 0.5) is 0 Å². The number of aryl methyl sites for hydroxylation is 1. The number of hydrogen-bond acceptors (Lipinski definition) is 4. The van der Waals surface area contributed by atoms with Gasteiger partial charge < -0.3 is 14.0 Å². The largest absolute Gasteiger partial charge is 0.361 e. The van der Waals surface area contributed by atoms with Crippen molar-refractivity contribution < 1.29 is 9.32 Å². The maximum Gasteiger partial charge on any atom is 0.242 e. The molecule has 0 fully saturated rings. The van der Waals surface area contributed by atoms with Gasteiger partial charge in [0, 0.05) is 23.9 Å². The fourth-order valence-corrected chi connectivity index (χ4v) is 3.33. The summed E-state index contributed by atoms with van der Waals surface area (Å²) in [5.41, 5.74) is 2.19. The number of carbonyl (C=O) groups is 1. The summed E-state index contributed by atoms with van der Waals surface area (Å²) in [6.45, 7) is 2.32. The second-order valence-electron chi connectivity index (χ2n) is 6.63. The van der Waals surface area contributed by atoms with E-state index in [0.29, 0.717) is 28.8 Å². The number of likely N-dealkylation sites (N-methyl/N-ethyl adjacent to an activating group) is 1. The normalized spacial score (nSPS) is 11.2. The van der Waals surface area contributed by atoms with Crippen LogP contribution in [-0.2, 0) is 17.9 Å². The molecule has 4 aromatic rings. The first kappa shape index (κ1) is 17.0. The molecule has 0 radical (unpaired) electrons. The Balaban J connectivity index is 1.75. The van der Waals surface area contributed by atoms with E-state index in [4.69, 9.17) is 4.52 Å². The number of benzene rings is 2. The lowest BCUT2D eigenvalue weighted by Gasteiger charge is -2.19. The molecule has 6 nitrogen and oxygen atoms in total. The van der Waals surface area contributed by atoms with Gasteiger partial charge in [-0.05, 0) is 31.2 Å². The van der Waals surface area contributed by atoms with Gasteiger partial charge in [-0.1, -0.05) is 29.4 Å². The number of nitrogens with zero attached hydrogens (tertiary/aromatic N) is 3. The van der Waals surface area contributed by atoms with Crippen molar-refractivity contribution in [3.05, 3.63) is 76.3 Å². The SMILES string of the molecule is Cc1cc(CN(C)C(=O)Cn2c3ccccc3c(=O)c3ccccc32)no1. The topological polar surface area (TPSA) is 68.3 Å². The van der Waals surface area contributed by atoms with E-state index >= 15 is 0 Å². The number of amides is 1. The van der Waals surface area contributed by atoms with Gasteiger partial charge in [-0.3, -0.25) is 9.59 Å². The van der Waals surface area contributed by atoms with Crippen LogP contribution < -0.4 is 5.43 Å². The van der Waals surface area contributed by atoms with Gasteiger partial charge in [-0.25, -0.2) is 0 Å². The quantitative estimate of drug-likeness (QED) is 0.524. The van der Waals surface area contributed by atoms with E-state index in [1.54, 1.807) is 24.1 Å². The fourth-order valence-electron chi connectivity index (χ4n) is 3.33. The summed E-state index contributed by atoms with van der Waals surface area (Å²) in [5, 5.41) is 5.16. The first-order chi connectivity index (χ1) is 13.0. The molecular weight excluding hydrogens is 342 g/mol. The van der Waals surface area contributed by atoms with E-state index in [1.165, 1.54) is 0 Å². The van der Waals surface area contributed by atoms with Crippen molar-refractivity contribution in [1.82, 2.24) is 14.6 Å². The fraction of sp³-hybridized carbons (Fsp3) is 0.190. The predicted octanol–water partition coefficient (Wildman–Crippen LogP) is 3.11. The highest BCUT2D eigenvalue weighted by Crippen LogP contribution is 2.19. The molecule has 0 spiro atoms. The lowest BCUT2D eigenvalue weighted by molar-refractivity contribution is -0.131. The minimum Gasteiger partial charge on any atom is -0.361 e. The van der Waals surface area contributed by atoms with E-state index in [0.717, 1.165) is 11.0 Å². The maximum absolute atomic E-state index is 12.9. The maximum atomic E-state index is 12.9. The Hall–Kier alpha value is -3.41. The Morgan fingerprint density at radius 1 is 1.07 bits per heavy atom. The summed E-state index contributed by atoms with van der Waals surface area (Å²) in [6.07, 6.45) is 0. The third-order valence-corrected chi connectivity index (χ3v) is 4.67. The Morgan fingerprint density at radius 2 is 1.67 bits per heavy atom. The molecule has 0 saturated carbocycles. The number of carbonyl (C=O) groups excluding carboxylic acids is 1. The van der Waals surface area contributed by atoms with Gasteiger partial charge in [0.1, 0.15) is 18.0 Å². The zero-order chi connectivity index (χ0) is 19.0. The highest BCUT2D eigenvalue weighted by atomic mass is 16.5. The molecule has 0 aliphatic heterocycles. The molecule has 6 heteroatoms. The standard InChI is InChI=1S/C21H19N3O3/c1-14-11-15(22-27-14)12-23(2)20(25)13-24-18-9-5-3-7-16(18)21(26)17-8-4-6-10-19(17)24/h3-11H,12-13H2,1-2H3. The van der Waals surface area contributed by atoms with Gasteiger partial charge in [0.2, 0.25) is 5.91 Å². The molecule has 0 atom stereocenters. The number of rotatable bonds is 4. The van der Waals surface area contributed by atoms with Crippen LogP contribution in [-0.4, -0.2) is 27.6 Å². The van der Waals surface area contributed by atoms with Crippen LogP contribution in [0.3, 0.4) is 0 Å². The summed E-state index contributed by atoms with van der Waals surface area (Å²) < 4.78 is 6.97. The van der Waals surface area contributed by atoms with E-state index in [2.05, 4.69) is 5.16 Å². The molecule has 136 valence electrons. The summed E-state index contributed by atoms with van der Waals surface area (Å²) >= 11 is 0. The molecule has 0 unspecified atom stereocenters. The Bertz CT molecular complexity index is 1150. The molecule has 0 N–H and O–H groups in total. The van der Waals surface area contributed by atoms with Crippen molar-refractivity contribution in [2.75, 3.05) is 7.05 Å². The van der Waals surface area contributed by atoms with E-state index < -0.39 is 0 Å². The summed E-state index contributed by atoms with van der Waals surface area (Å²) in [5.74, 6) is 0.637. The van der Waals surface area contributed by atoms with E-state index in [1.807, 2.05) is 54.0 Å². The summed E-state index contributed by atoms with van der Waals surface area (Å²) in [7, 11) is 1.74. The van der Waals surface area contributed by atoms with E-state index in [9.17, 15) is 9.59 Å². The van der Waals surface area contributed by atoms with Crippen molar-refractivity contribution in [3.8, 4) is 0 Å². The van der Waals surface area contributed by atoms with E-state index in [-0.39, 0.29) is 17.9 Å². The predicted molar refractivity (Wildman–Crippen MR) is 103 cm³/mol. The number of pyridine rings is 1. The van der Waals surface area contributed by atoms with Gasteiger partial charge in [0.25, 0.3) is 0 Å². The van der Waals surface area contributed by atoms with Crippen LogP contribution in [0.5, 0.6) is 0 Å². The lowest BCUT2D eigenvalue weighted by Crippen LogP contribution is -2.30. The van der Waals surface area contributed by atoms with Crippen molar-refractivity contribution in [1.29, 1.82) is 0 Å². The molecule has 4 rings (SSSR count). The molecule has 0 aliphatic rings. The van der Waals surface area contributed by atoms with Gasteiger partial charge >= 0.3 is 0 Å². The van der Waals surface area contributed by atoms with Crippen molar-refractivity contribution in [2.45, 2.75) is 20.0 Å². The molecule has 2 aromatic heterocycles. The molecular formula is C21H19N3O3. The minimum absolute atomic E-state index is 0.0173. The van der Waals surface area contributed by atoms with Crippen LogP contribution in [0.2, 0.25) is 0 Å². The van der Waals surface area contributed by atoms with Crippen molar-refractivity contribution in [2.24, 2.45) is 0 Å². The minimum atomic E-state index is -0.0744. The highest BCUT2D eigenvalue weighted by Gasteiger charge is 2.16. The van der Waals surface area contributed by atoms with Gasteiger partial charge in [-0.2, -0.15) is 0 Å². The third-order valence-electron chi connectivity index (χ3n) is 4.67. The summed E-state index contributed by atoms with van der Waals surface area (Å²) in [4.78, 5) is 27.3. The number of hydrogen-bond donors (Lipinski definition) is 0.